The Labute approximate surface area is 139 Å². The number of hydrogen-bond acceptors (Lipinski definition) is 3. The Hall–Kier alpha value is -2.57. The second-order valence-electron chi connectivity index (χ2n) is 5.91. The first-order valence-electron chi connectivity index (χ1n) is 8.22. The second-order valence-corrected chi connectivity index (χ2v) is 5.91. The summed E-state index contributed by atoms with van der Waals surface area (Å²) in [5, 5.41) is 11.7. The summed E-state index contributed by atoms with van der Waals surface area (Å²) in [5.41, 5.74) is 2.27. The SMILES string of the molecule is CCCC[C@H](NC(=O)CCCc1ccc2[nH]c(=O)[nH]c2c1)C(=O)O. The average molecular weight is 333 g/mol. The van der Waals surface area contributed by atoms with Gasteiger partial charge in [0.1, 0.15) is 6.04 Å². The zero-order valence-corrected chi connectivity index (χ0v) is 13.7. The minimum absolute atomic E-state index is 0.241. The number of rotatable bonds is 9. The Morgan fingerprint density at radius 1 is 1.21 bits per heavy atom. The molecule has 0 saturated heterocycles. The maximum atomic E-state index is 11.9. The molecular formula is C17H23N3O4. The molecule has 1 heterocycles. The third-order valence-corrected chi connectivity index (χ3v) is 3.93. The largest absolute Gasteiger partial charge is 0.480 e. The van der Waals surface area contributed by atoms with Crippen molar-refractivity contribution >= 4 is 22.9 Å². The van der Waals surface area contributed by atoms with Crippen LogP contribution in [0.1, 0.15) is 44.6 Å². The van der Waals surface area contributed by atoms with Crippen molar-refractivity contribution in [3.8, 4) is 0 Å². The molecule has 0 aliphatic carbocycles. The molecule has 130 valence electrons. The molecule has 0 spiro atoms. The molecule has 0 fully saturated rings. The van der Waals surface area contributed by atoms with Crippen LogP contribution in [0.25, 0.3) is 11.0 Å². The lowest BCUT2D eigenvalue weighted by Gasteiger charge is -2.14. The number of carboxylic acids is 1. The number of hydrogen-bond donors (Lipinski definition) is 4. The van der Waals surface area contributed by atoms with Gasteiger partial charge in [0.2, 0.25) is 5.91 Å². The molecule has 0 radical (unpaired) electrons. The number of carboxylic acid groups (broad SMARTS) is 1. The summed E-state index contributed by atoms with van der Waals surface area (Å²) in [4.78, 5) is 39.6. The van der Waals surface area contributed by atoms with Crippen LogP contribution in [-0.2, 0) is 16.0 Å². The van der Waals surface area contributed by atoms with Gasteiger partial charge in [-0.2, -0.15) is 0 Å². The van der Waals surface area contributed by atoms with Crippen molar-refractivity contribution in [2.75, 3.05) is 0 Å². The molecule has 1 amide bonds. The highest BCUT2D eigenvalue weighted by Crippen LogP contribution is 2.12. The number of carbonyl (C=O) groups is 2. The third-order valence-electron chi connectivity index (χ3n) is 3.93. The minimum Gasteiger partial charge on any atom is -0.480 e. The molecule has 0 aliphatic rings. The van der Waals surface area contributed by atoms with Crippen LogP contribution >= 0.6 is 0 Å². The number of unbranched alkanes of at least 4 members (excludes halogenated alkanes) is 1. The van der Waals surface area contributed by atoms with E-state index >= 15 is 0 Å². The van der Waals surface area contributed by atoms with Gasteiger partial charge in [0, 0.05) is 6.42 Å². The molecular weight excluding hydrogens is 310 g/mol. The van der Waals surface area contributed by atoms with Gasteiger partial charge in [0.15, 0.2) is 0 Å². The molecule has 1 aromatic carbocycles. The first-order valence-corrected chi connectivity index (χ1v) is 8.22. The molecule has 2 rings (SSSR count). The standard InChI is InChI=1S/C17H23N3O4/c1-2-3-6-13(16(22)23)18-15(21)7-4-5-11-8-9-12-14(10-11)20-17(24)19-12/h8-10,13H,2-7H2,1H3,(H,18,21)(H,22,23)(H2,19,20,24)/t13-/m0/s1. The van der Waals surface area contributed by atoms with Crippen LogP contribution in [0.3, 0.4) is 0 Å². The van der Waals surface area contributed by atoms with Crippen molar-refractivity contribution in [3.63, 3.8) is 0 Å². The van der Waals surface area contributed by atoms with Crippen molar-refractivity contribution in [2.24, 2.45) is 0 Å². The van der Waals surface area contributed by atoms with Crippen LogP contribution < -0.4 is 11.0 Å². The molecule has 7 nitrogen and oxygen atoms in total. The smallest absolute Gasteiger partial charge is 0.326 e. The fourth-order valence-corrected chi connectivity index (χ4v) is 2.62. The zero-order chi connectivity index (χ0) is 17.5. The number of aliphatic carboxylic acids is 1. The summed E-state index contributed by atoms with van der Waals surface area (Å²) in [5.74, 6) is -1.23. The van der Waals surface area contributed by atoms with Gasteiger partial charge in [-0.3, -0.25) is 4.79 Å². The van der Waals surface area contributed by atoms with Crippen molar-refractivity contribution in [2.45, 2.75) is 51.5 Å². The highest BCUT2D eigenvalue weighted by atomic mass is 16.4. The minimum atomic E-state index is -0.987. The van der Waals surface area contributed by atoms with E-state index in [4.69, 9.17) is 5.11 Å². The van der Waals surface area contributed by atoms with Crippen molar-refractivity contribution < 1.29 is 14.7 Å². The fourth-order valence-electron chi connectivity index (χ4n) is 2.62. The predicted molar refractivity (Wildman–Crippen MR) is 90.9 cm³/mol. The second kappa shape index (κ2) is 8.33. The lowest BCUT2D eigenvalue weighted by atomic mass is 10.1. The van der Waals surface area contributed by atoms with Crippen molar-refractivity contribution in [1.82, 2.24) is 15.3 Å². The first kappa shape index (κ1) is 17.8. The van der Waals surface area contributed by atoms with E-state index < -0.39 is 12.0 Å². The lowest BCUT2D eigenvalue weighted by Crippen LogP contribution is -2.40. The third kappa shape index (κ3) is 4.97. The summed E-state index contributed by atoms with van der Waals surface area (Å²) in [6, 6.07) is 4.81. The molecule has 1 aromatic heterocycles. The number of nitrogens with one attached hydrogen (secondary N) is 3. The molecule has 4 N–H and O–H groups in total. The maximum absolute atomic E-state index is 11.9. The van der Waals surface area contributed by atoms with Crippen molar-refractivity contribution in [1.29, 1.82) is 0 Å². The summed E-state index contributed by atoms with van der Waals surface area (Å²) >= 11 is 0. The average Bonchev–Trinajstić information content (AvgIpc) is 2.90. The lowest BCUT2D eigenvalue weighted by molar-refractivity contribution is -0.142. The van der Waals surface area contributed by atoms with E-state index in [1.165, 1.54) is 0 Å². The normalized spacial score (nSPS) is 12.2. The quantitative estimate of drug-likeness (QED) is 0.561. The van der Waals surface area contributed by atoms with Gasteiger partial charge < -0.3 is 20.4 Å². The maximum Gasteiger partial charge on any atom is 0.326 e. The zero-order valence-electron chi connectivity index (χ0n) is 13.7. The summed E-state index contributed by atoms with van der Waals surface area (Å²) < 4.78 is 0. The van der Waals surface area contributed by atoms with Crippen LogP contribution in [0.4, 0.5) is 0 Å². The van der Waals surface area contributed by atoms with Gasteiger partial charge >= 0.3 is 11.7 Å². The molecule has 24 heavy (non-hydrogen) atoms. The van der Waals surface area contributed by atoms with Crippen LogP contribution in [0.15, 0.2) is 23.0 Å². The van der Waals surface area contributed by atoms with E-state index in [-0.39, 0.29) is 18.0 Å². The van der Waals surface area contributed by atoms with Crippen LogP contribution in [0.5, 0.6) is 0 Å². The Morgan fingerprint density at radius 2 is 1.96 bits per heavy atom. The number of H-pyrrole nitrogens is 2. The Balaban J connectivity index is 1.82. The Morgan fingerprint density at radius 3 is 2.67 bits per heavy atom. The number of fused-ring (bicyclic) bond motifs is 1. The Bertz CT molecular complexity index is 763. The van der Waals surface area contributed by atoms with Crippen LogP contribution in [0, 0.1) is 0 Å². The highest BCUT2D eigenvalue weighted by Gasteiger charge is 2.18. The number of aromatic nitrogens is 2. The van der Waals surface area contributed by atoms with Gasteiger partial charge in [-0.05, 0) is 37.0 Å². The fraction of sp³-hybridized carbons (Fsp3) is 0.471. The summed E-state index contributed by atoms with van der Waals surface area (Å²) in [7, 11) is 0. The van der Waals surface area contributed by atoms with Crippen molar-refractivity contribution in [3.05, 3.63) is 34.2 Å². The molecule has 0 aliphatic heterocycles. The molecule has 1 atom stereocenters. The molecule has 2 aromatic rings. The van der Waals surface area contributed by atoms with E-state index in [0.29, 0.717) is 19.3 Å². The number of carbonyl (C=O) groups excluding carboxylic acids is 1. The predicted octanol–water partition coefficient (Wildman–Crippen LogP) is 1.94. The van der Waals surface area contributed by atoms with Gasteiger partial charge in [0.05, 0.1) is 11.0 Å². The molecule has 7 heteroatoms. The van der Waals surface area contributed by atoms with Crippen LogP contribution in [0.2, 0.25) is 0 Å². The monoisotopic (exact) mass is 333 g/mol. The van der Waals surface area contributed by atoms with E-state index in [9.17, 15) is 14.4 Å². The number of imidazole rings is 1. The van der Waals surface area contributed by atoms with Gasteiger partial charge in [0.25, 0.3) is 0 Å². The van der Waals surface area contributed by atoms with E-state index in [0.717, 1.165) is 29.4 Å². The topological polar surface area (TPSA) is 115 Å². The number of aryl methyl sites for hydroxylation is 1. The number of amides is 1. The number of benzene rings is 1. The van der Waals surface area contributed by atoms with Gasteiger partial charge in [-0.25, -0.2) is 9.59 Å². The summed E-state index contributed by atoms with van der Waals surface area (Å²) in [6.07, 6.45) is 3.69. The molecule has 0 saturated carbocycles. The molecule has 0 bridgehead atoms. The summed E-state index contributed by atoms with van der Waals surface area (Å²) in [6.45, 7) is 1.98. The van der Waals surface area contributed by atoms with E-state index in [2.05, 4.69) is 15.3 Å². The molecule has 0 unspecified atom stereocenters. The van der Waals surface area contributed by atoms with E-state index in [1.54, 1.807) is 0 Å². The first-order chi connectivity index (χ1) is 11.5. The number of aromatic amines is 2. The Kier molecular flexibility index (Phi) is 6.17. The van der Waals surface area contributed by atoms with Gasteiger partial charge in [-0.1, -0.05) is 25.8 Å². The van der Waals surface area contributed by atoms with Crippen LogP contribution in [-0.4, -0.2) is 33.0 Å². The van der Waals surface area contributed by atoms with E-state index in [1.807, 2.05) is 25.1 Å². The van der Waals surface area contributed by atoms with Gasteiger partial charge in [-0.15, -0.1) is 0 Å². The highest BCUT2D eigenvalue weighted by molar-refractivity contribution is 5.83.